The second kappa shape index (κ2) is 7.83. The molecule has 0 radical (unpaired) electrons. The van der Waals surface area contributed by atoms with E-state index in [1.54, 1.807) is 49.4 Å². The highest BCUT2D eigenvalue weighted by Gasteiger charge is 2.49. The van der Waals surface area contributed by atoms with Crippen molar-refractivity contribution in [3.05, 3.63) is 59.2 Å². The molecule has 0 saturated carbocycles. The first-order valence-electron chi connectivity index (χ1n) is 8.88. The maximum Gasteiger partial charge on any atom is 0.337 e. The van der Waals surface area contributed by atoms with Gasteiger partial charge >= 0.3 is 12.0 Å². The summed E-state index contributed by atoms with van der Waals surface area (Å²) in [7, 11) is 4.33. The molecule has 0 spiro atoms. The van der Waals surface area contributed by atoms with Crippen LogP contribution < -0.4 is 14.8 Å². The molecule has 0 aromatic heterocycles. The minimum absolute atomic E-state index is 0.0784. The van der Waals surface area contributed by atoms with Crippen LogP contribution >= 0.6 is 0 Å². The predicted molar refractivity (Wildman–Crippen MR) is 104 cm³/mol. The molecule has 1 fully saturated rings. The maximum atomic E-state index is 13.1. The fraction of sp³-hybridized carbons (Fsp3) is 0.286. The zero-order chi connectivity index (χ0) is 21.2. The van der Waals surface area contributed by atoms with E-state index in [0.29, 0.717) is 28.2 Å². The summed E-state index contributed by atoms with van der Waals surface area (Å²) in [6.07, 6.45) is 0. The van der Waals surface area contributed by atoms with Crippen LogP contribution in [0.25, 0.3) is 0 Å². The molecule has 0 unspecified atom stereocenters. The van der Waals surface area contributed by atoms with E-state index in [2.05, 4.69) is 10.1 Å². The lowest BCUT2D eigenvalue weighted by atomic mass is 9.91. The molecule has 3 rings (SSSR count). The number of rotatable bonds is 6. The van der Waals surface area contributed by atoms with Crippen molar-refractivity contribution in [3.8, 4) is 11.5 Å². The molecule has 0 bridgehead atoms. The van der Waals surface area contributed by atoms with Gasteiger partial charge in [0.25, 0.3) is 5.91 Å². The standard InChI is InChI=1S/C21H22N2O6/c1-21(15-9-10-16(27-2)17(11-15)28-3)19(25)23(20(26)22-21)12-13-5-7-14(8-6-13)18(24)29-4/h5-11H,12H2,1-4H3,(H,22,26)/t21-/m1/s1. The van der Waals surface area contributed by atoms with Crippen molar-refractivity contribution >= 4 is 17.9 Å². The fourth-order valence-corrected chi connectivity index (χ4v) is 3.23. The van der Waals surface area contributed by atoms with Gasteiger partial charge in [-0.2, -0.15) is 0 Å². The summed E-state index contributed by atoms with van der Waals surface area (Å²) in [5.41, 5.74) is 0.446. The molecular formula is C21H22N2O6. The monoisotopic (exact) mass is 398 g/mol. The third-order valence-corrected chi connectivity index (χ3v) is 4.95. The molecule has 1 heterocycles. The molecule has 1 aliphatic heterocycles. The van der Waals surface area contributed by atoms with Crippen LogP contribution in [0.2, 0.25) is 0 Å². The Morgan fingerprint density at radius 1 is 1.00 bits per heavy atom. The Bertz CT molecular complexity index is 956. The number of hydrogen-bond acceptors (Lipinski definition) is 6. The molecule has 1 atom stereocenters. The van der Waals surface area contributed by atoms with Crippen molar-refractivity contribution in [1.82, 2.24) is 10.2 Å². The van der Waals surface area contributed by atoms with Crippen molar-refractivity contribution in [2.24, 2.45) is 0 Å². The molecular weight excluding hydrogens is 376 g/mol. The van der Waals surface area contributed by atoms with Crippen LogP contribution in [-0.2, 0) is 21.6 Å². The minimum Gasteiger partial charge on any atom is -0.493 e. The normalized spacial score (nSPS) is 18.4. The average Bonchev–Trinajstić information content (AvgIpc) is 2.97. The lowest BCUT2D eigenvalue weighted by Gasteiger charge is -2.23. The molecule has 1 saturated heterocycles. The smallest absolute Gasteiger partial charge is 0.337 e. The Balaban J connectivity index is 1.84. The molecule has 152 valence electrons. The zero-order valence-corrected chi connectivity index (χ0v) is 16.6. The quantitative estimate of drug-likeness (QED) is 0.593. The van der Waals surface area contributed by atoms with Crippen LogP contribution in [0.3, 0.4) is 0 Å². The van der Waals surface area contributed by atoms with Gasteiger partial charge in [0, 0.05) is 0 Å². The van der Waals surface area contributed by atoms with Crippen LogP contribution in [-0.4, -0.2) is 44.1 Å². The van der Waals surface area contributed by atoms with Crippen LogP contribution in [0.4, 0.5) is 4.79 Å². The van der Waals surface area contributed by atoms with Gasteiger partial charge in [0.1, 0.15) is 5.54 Å². The van der Waals surface area contributed by atoms with Gasteiger partial charge in [-0.1, -0.05) is 18.2 Å². The molecule has 2 aromatic carbocycles. The Hall–Kier alpha value is -3.55. The lowest BCUT2D eigenvalue weighted by Crippen LogP contribution is -2.40. The topological polar surface area (TPSA) is 94.2 Å². The molecule has 0 aliphatic carbocycles. The van der Waals surface area contributed by atoms with Crippen LogP contribution in [0.1, 0.15) is 28.4 Å². The fourth-order valence-electron chi connectivity index (χ4n) is 3.23. The van der Waals surface area contributed by atoms with E-state index in [1.165, 1.54) is 21.3 Å². The molecule has 29 heavy (non-hydrogen) atoms. The first-order chi connectivity index (χ1) is 13.8. The number of nitrogens with zero attached hydrogens (tertiary/aromatic N) is 1. The van der Waals surface area contributed by atoms with Gasteiger partial charge in [-0.15, -0.1) is 0 Å². The number of ether oxygens (including phenoxy) is 3. The Morgan fingerprint density at radius 3 is 2.24 bits per heavy atom. The van der Waals surface area contributed by atoms with Crippen LogP contribution in [0.5, 0.6) is 11.5 Å². The third kappa shape index (κ3) is 3.61. The number of urea groups is 1. The predicted octanol–water partition coefficient (Wildman–Crippen LogP) is 2.46. The maximum absolute atomic E-state index is 13.1. The highest BCUT2D eigenvalue weighted by molar-refractivity contribution is 6.07. The minimum atomic E-state index is -1.23. The number of carbonyl (C=O) groups excluding carboxylic acids is 3. The Kier molecular flexibility index (Phi) is 5.45. The summed E-state index contributed by atoms with van der Waals surface area (Å²) in [4.78, 5) is 38.3. The van der Waals surface area contributed by atoms with Gasteiger partial charge in [-0.3, -0.25) is 9.69 Å². The molecule has 3 amide bonds. The molecule has 8 nitrogen and oxygen atoms in total. The van der Waals surface area contributed by atoms with Crippen molar-refractivity contribution in [1.29, 1.82) is 0 Å². The Labute approximate surface area is 168 Å². The van der Waals surface area contributed by atoms with Crippen molar-refractivity contribution in [2.75, 3.05) is 21.3 Å². The van der Waals surface area contributed by atoms with E-state index in [0.717, 1.165) is 4.90 Å². The van der Waals surface area contributed by atoms with E-state index in [-0.39, 0.29) is 12.5 Å². The summed E-state index contributed by atoms with van der Waals surface area (Å²) in [6.45, 7) is 1.73. The summed E-state index contributed by atoms with van der Waals surface area (Å²) in [6, 6.07) is 11.1. The first kappa shape index (κ1) is 20.2. The van der Waals surface area contributed by atoms with Gasteiger partial charge in [-0.05, 0) is 42.3 Å². The summed E-state index contributed by atoms with van der Waals surface area (Å²) in [5.74, 6) is 0.156. The summed E-state index contributed by atoms with van der Waals surface area (Å²) in [5, 5.41) is 2.76. The van der Waals surface area contributed by atoms with Crippen LogP contribution in [0.15, 0.2) is 42.5 Å². The lowest BCUT2D eigenvalue weighted by molar-refractivity contribution is -0.131. The second-order valence-corrected chi connectivity index (χ2v) is 6.70. The van der Waals surface area contributed by atoms with Gasteiger partial charge in [0.15, 0.2) is 11.5 Å². The Morgan fingerprint density at radius 2 is 1.66 bits per heavy atom. The highest BCUT2D eigenvalue weighted by Crippen LogP contribution is 2.35. The number of methoxy groups -OCH3 is 3. The second-order valence-electron chi connectivity index (χ2n) is 6.70. The molecule has 2 aromatic rings. The van der Waals surface area contributed by atoms with Crippen molar-refractivity contribution < 1.29 is 28.6 Å². The molecule has 1 aliphatic rings. The SMILES string of the molecule is COC(=O)c1ccc(CN2C(=O)N[C@](C)(c3ccc(OC)c(OC)c3)C2=O)cc1. The van der Waals surface area contributed by atoms with E-state index < -0.39 is 17.5 Å². The highest BCUT2D eigenvalue weighted by atomic mass is 16.5. The van der Waals surface area contributed by atoms with E-state index >= 15 is 0 Å². The van der Waals surface area contributed by atoms with Gasteiger partial charge in [0.05, 0.1) is 33.4 Å². The average molecular weight is 398 g/mol. The van der Waals surface area contributed by atoms with E-state index in [9.17, 15) is 14.4 Å². The van der Waals surface area contributed by atoms with Crippen molar-refractivity contribution in [2.45, 2.75) is 19.0 Å². The van der Waals surface area contributed by atoms with E-state index in [4.69, 9.17) is 9.47 Å². The number of hydrogen-bond donors (Lipinski definition) is 1. The number of esters is 1. The molecule has 1 N–H and O–H groups in total. The first-order valence-corrected chi connectivity index (χ1v) is 8.88. The summed E-state index contributed by atoms with van der Waals surface area (Å²) < 4.78 is 15.2. The molecule has 8 heteroatoms. The third-order valence-electron chi connectivity index (χ3n) is 4.95. The van der Waals surface area contributed by atoms with Crippen LogP contribution in [0, 0.1) is 0 Å². The van der Waals surface area contributed by atoms with Gasteiger partial charge < -0.3 is 19.5 Å². The van der Waals surface area contributed by atoms with Crippen molar-refractivity contribution in [3.63, 3.8) is 0 Å². The van der Waals surface area contributed by atoms with E-state index in [1.807, 2.05) is 0 Å². The van der Waals surface area contributed by atoms with Gasteiger partial charge in [-0.25, -0.2) is 9.59 Å². The number of carbonyl (C=O) groups is 3. The largest absolute Gasteiger partial charge is 0.493 e. The number of nitrogens with one attached hydrogen (secondary N) is 1. The number of imide groups is 1. The number of benzene rings is 2. The summed E-state index contributed by atoms with van der Waals surface area (Å²) >= 11 is 0. The zero-order valence-electron chi connectivity index (χ0n) is 16.6. The number of amides is 3. The van der Waals surface area contributed by atoms with Gasteiger partial charge in [0.2, 0.25) is 0 Å².